The fourth-order valence-electron chi connectivity index (χ4n) is 1.77. The number of para-hydroxylation sites is 2. The van der Waals surface area contributed by atoms with Gasteiger partial charge in [0.05, 0.1) is 16.2 Å². The molecule has 2 N–H and O–H groups in total. The normalized spacial score (nSPS) is 10.8. The van der Waals surface area contributed by atoms with Crippen LogP contribution >= 0.6 is 23.4 Å². The van der Waals surface area contributed by atoms with Crippen molar-refractivity contribution in [1.82, 2.24) is 9.97 Å². The minimum Gasteiger partial charge on any atom is -0.397 e. The van der Waals surface area contributed by atoms with Crippen LogP contribution in [-0.4, -0.2) is 9.97 Å². The van der Waals surface area contributed by atoms with Gasteiger partial charge in [0.15, 0.2) is 0 Å². The van der Waals surface area contributed by atoms with Crippen molar-refractivity contribution in [2.24, 2.45) is 0 Å². The first-order valence-electron chi connectivity index (χ1n) is 5.67. The minimum atomic E-state index is 0.559. The van der Waals surface area contributed by atoms with Gasteiger partial charge in [0.1, 0.15) is 11.4 Å². The minimum absolute atomic E-state index is 0.559. The van der Waals surface area contributed by atoms with E-state index < -0.39 is 0 Å². The van der Waals surface area contributed by atoms with Gasteiger partial charge >= 0.3 is 0 Å². The van der Waals surface area contributed by atoms with Crippen LogP contribution in [0.1, 0.15) is 0 Å². The van der Waals surface area contributed by atoms with Crippen LogP contribution in [-0.2, 0) is 0 Å². The molecule has 1 aromatic heterocycles. The molecule has 3 aromatic rings. The van der Waals surface area contributed by atoms with Crippen LogP contribution in [0, 0.1) is 0 Å². The van der Waals surface area contributed by atoms with Crippen LogP contribution in [0.25, 0.3) is 10.9 Å². The molecular weight excluding hydrogens is 278 g/mol. The van der Waals surface area contributed by atoms with Crippen molar-refractivity contribution in [3.8, 4) is 0 Å². The van der Waals surface area contributed by atoms with Crippen LogP contribution in [0.4, 0.5) is 5.69 Å². The maximum Gasteiger partial charge on any atom is 0.117 e. The molecule has 0 atom stereocenters. The highest BCUT2D eigenvalue weighted by Crippen LogP contribution is 2.36. The van der Waals surface area contributed by atoms with Crippen LogP contribution in [0.15, 0.2) is 58.7 Å². The number of nitrogens with two attached hydrogens (primary N) is 1. The average Bonchev–Trinajstić information content (AvgIpc) is 2.44. The molecule has 0 bridgehead atoms. The van der Waals surface area contributed by atoms with Crippen molar-refractivity contribution in [1.29, 1.82) is 0 Å². The molecule has 5 heteroatoms. The Morgan fingerprint density at radius 3 is 2.74 bits per heavy atom. The average molecular weight is 288 g/mol. The smallest absolute Gasteiger partial charge is 0.117 e. The number of hydrogen-bond acceptors (Lipinski definition) is 4. The fraction of sp³-hybridized carbons (Fsp3) is 0. The maximum absolute atomic E-state index is 6.03. The lowest BCUT2D eigenvalue weighted by Gasteiger charge is -2.07. The van der Waals surface area contributed by atoms with Crippen molar-refractivity contribution in [3.05, 3.63) is 53.8 Å². The number of nitrogen functional groups attached to an aromatic ring is 1. The zero-order chi connectivity index (χ0) is 13.2. The SMILES string of the molecule is Nc1c(Cl)cccc1Sc1ncnc2ccccc12. The van der Waals surface area contributed by atoms with E-state index in [-0.39, 0.29) is 0 Å². The molecule has 0 aliphatic rings. The van der Waals surface area contributed by atoms with E-state index in [4.69, 9.17) is 17.3 Å². The topological polar surface area (TPSA) is 51.8 Å². The Kier molecular flexibility index (Phi) is 3.27. The standard InChI is InChI=1S/C14H10ClN3S/c15-10-5-3-7-12(13(10)16)19-14-9-4-1-2-6-11(9)17-8-18-14/h1-8H,16H2. The zero-order valence-electron chi connectivity index (χ0n) is 9.88. The number of hydrogen-bond donors (Lipinski definition) is 1. The van der Waals surface area contributed by atoms with Crippen LogP contribution in [0.5, 0.6) is 0 Å². The molecule has 0 fully saturated rings. The summed E-state index contributed by atoms with van der Waals surface area (Å²) in [5.41, 5.74) is 7.48. The molecule has 19 heavy (non-hydrogen) atoms. The third-order valence-electron chi connectivity index (χ3n) is 2.73. The number of anilines is 1. The molecule has 2 aromatic carbocycles. The van der Waals surface area contributed by atoms with Gasteiger partial charge in [-0.3, -0.25) is 0 Å². The highest BCUT2D eigenvalue weighted by Gasteiger charge is 2.09. The monoisotopic (exact) mass is 287 g/mol. The summed E-state index contributed by atoms with van der Waals surface area (Å²) in [5.74, 6) is 0. The molecule has 0 aliphatic heterocycles. The molecule has 0 aliphatic carbocycles. The van der Waals surface area contributed by atoms with Gasteiger partial charge in [-0.1, -0.05) is 47.6 Å². The van der Waals surface area contributed by atoms with E-state index in [9.17, 15) is 0 Å². The molecule has 0 spiro atoms. The fourth-order valence-corrected chi connectivity index (χ4v) is 2.96. The van der Waals surface area contributed by atoms with Gasteiger partial charge in [-0.2, -0.15) is 0 Å². The third kappa shape index (κ3) is 2.37. The first kappa shape index (κ1) is 12.3. The summed E-state index contributed by atoms with van der Waals surface area (Å²) in [6.07, 6.45) is 1.56. The highest BCUT2D eigenvalue weighted by molar-refractivity contribution is 7.99. The van der Waals surface area contributed by atoms with Crippen LogP contribution < -0.4 is 5.73 Å². The zero-order valence-corrected chi connectivity index (χ0v) is 11.4. The van der Waals surface area contributed by atoms with Gasteiger partial charge in [0, 0.05) is 10.3 Å². The van der Waals surface area contributed by atoms with Crippen molar-refractivity contribution in [2.75, 3.05) is 5.73 Å². The molecular formula is C14H10ClN3S. The Hall–Kier alpha value is -1.78. The molecule has 0 amide bonds. The molecule has 94 valence electrons. The summed E-state index contributed by atoms with van der Waals surface area (Å²) >= 11 is 7.52. The Bertz CT molecular complexity index is 740. The van der Waals surface area contributed by atoms with E-state index in [1.807, 2.05) is 36.4 Å². The summed E-state index contributed by atoms with van der Waals surface area (Å²) in [7, 11) is 0. The summed E-state index contributed by atoms with van der Waals surface area (Å²) in [6, 6.07) is 13.5. The molecule has 0 saturated carbocycles. The van der Waals surface area contributed by atoms with Crippen molar-refractivity contribution in [2.45, 2.75) is 9.92 Å². The summed E-state index contributed by atoms with van der Waals surface area (Å²) in [5, 5.41) is 2.44. The van der Waals surface area contributed by atoms with Crippen molar-refractivity contribution >= 4 is 40.0 Å². The quantitative estimate of drug-likeness (QED) is 0.571. The highest BCUT2D eigenvalue weighted by atomic mass is 35.5. The van der Waals surface area contributed by atoms with E-state index in [1.165, 1.54) is 11.8 Å². The first-order chi connectivity index (χ1) is 9.25. The number of benzene rings is 2. The predicted octanol–water partition coefficient (Wildman–Crippen LogP) is 4.02. The van der Waals surface area contributed by atoms with Gasteiger partial charge in [-0.15, -0.1) is 0 Å². The van der Waals surface area contributed by atoms with Crippen LogP contribution in [0.3, 0.4) is 0 Å². The lowest BCUT2D eigenvalue weighted by atomic mass is 10.2. The Morgan fingerprint density at radius 1 is 1.00 bits per heavy atom. The van der Waals surface area contributed by atoms with Crippen LogP contribution in [0.2, 0.25) is 5.02 Å². The van der Waals surface area contributed by atoms with E-state index >= 15 is 0 Å². The second-order valence-corrected chi connectivity index (χ2v) is 5.39. The van der Waals surface area contributed by atoms with Crippen molar-refractivity contribution < 1.29 is 0 Å². The number of fused-ring (bicyclic) bond motifs is 1. The number of aromatic nitrogens is 2. The third-order valence-corrected chi connectivity index (χ3v) is 4.15. The second-order valence-electron chi connectivity index (χ2n) is 3.95. The Morgan fingerprint density at radius 2 is 1.84 bits per heavy atom. The molecule has 3 rings (SSSR count). The summed E-state index contributed by atoms with van der Waals surface area (Å²) in [6.45, 7) is 0. The van der Waals surface area contributed by atoms with Gasteiger partial charge in [-0.05, 0) is 18.2 Å². The maximum atomic E-state index is 6.03. The Balaban J connectivity index is 2.09. The summed E-state index contributed by atoms with van der Waals surface area (Å²) < 4.78 is 0. The molecule has 3 nitrogen and oxygen atoms in total. The van der Waals surface area contributed by atoms with Gasteiger partial charge in [0.25, 0.3) is 0 Å². The Labute approximate surface area is 119 Å². The lowest BCUT2D eigenvalue weighted by molar-refractivity contribution is 1.10. The van der Waals surface area contributed by atoms with Crippen molar-refractivity contribution in [3.63, 3.8) is 0 Å². The predicted molar refractivity (Wildman–Crippen MR) is 79.5 cm³/mol. The molecule has 0 saturated heterocycles. The van der Waals surface area contributed by atoms with E-state index in [2.05, 4.69) is 9.97 Å². The molecule has 1 heterocycles. The second kappa shape index (κ2) is 5.07. The summed E-state index contributed by atoms with van der Waals surface area (Å²) in [4.78, 5) is 9.47. The number of nitrogens with zero attached hydrogens (tertiary/aromatic N) is 2. The van der Waals surface area contributed by atoms with Gasteiger partial charge in [0.2, 0.25) is 0 Å². The van der Waals surface area contributed by atoms with E-state index in [0.717, 1.165) is 20.8 Å². The number of rotatable bonds is 2. The van der Waals surface area contributed by atoms with Gasteiger partial charge in [-0.25, -0.2) is 9.97 Å². The number of halogens is 1. The van der Waals surface area contributed by atoms with Gasteiger partial charge < -0.3 is 5.73 Å². The molecule has 0 unspecified atom stereocenters. The molecule has 0 radical (unpaired) electrons. The lowest BCUT2D eigenvalue weighted by Crippen LogP contribution is -1.91. The van der Waals surface area contributed by atoms with E-state index in [0.29, 0.717) is 10.7 Å². The first-order valence-corrected chi connectivity index (χ1v) is 6.87. The largest absolute Gasteiger partial charge is 0.397 e. The van der Waals surface area contributed by atoms with E-state index in [1.54, 1.807) is 12.4 Å².